The number of hydrogen-bond acceptors (Lipinski definition) is 14. The van der Waals surface area contributed by atoms with Crippen LogP contribution in [0.1, 0.15) is 290 Å². The van der Waals surface area contributed by atoms with E-state index >= 15 is 0 Å². The number of hydrogen-bond donors (Lipinski definition) is 4. The Morgan fingerprint density at radius 3 is 0.848 bits per heavy atom. The van der Waals surface area contributed by atoms with Crippen molar-refractivity contribution in [2.45, 2.75) is 309 Å². The highest BCUT2D eigenvalue weighted by atomic mass is 31.2. The number of phosphoric acid groups is 2. The fourth-order valence-electron chi connectivity index (χ4n) is 9.78. The summed E-state index contributed by atoms with van der Waals surface area (Å²) in [6.45, 7) is 2.33. The van der Waals surface area contributed by atoms with Crippen LogP contribution >= 0.6 is 15.6 Å². The van der Waals surface area contributed by atoms with Crippen LogP contribution in [0.25, 0.3) is 0 Å². The Morgan fingerprint density at radius 1 is 0.293 bits per heavy atom. The first-order valence-corrected chi connectivity index (χ1v) is 41.1. The van der Waals surface area contributed by atoms with E-state index in [9.17, 15) is 43.5 Å². The number of aliphatic hydroxyl groups excluding tert-OH is 2. The number of carbonyl (C=O) groups is 3. The largest absolute Gasteiger partial charge is 0.472 e. The Labute approximate surface area is 600 Å². The van der Waals surface area contributed by atoms with Gasteiger partial charge in [-0.25, -0.2) is 9.13 Å². The van der Waals surface area contributed by atoms with Crippen LogP contribution in [0.4, 0.5) is 0 Å². The van der Waals surface area contributed by atoms with Crippen LogP contribution < -0.4 is 0 Å². The zero-order valence-corrected chi connectivity index (χ0v) is 63.4. The van der Waals surface area contributed by atoms with Crippen LogP contribution in [-0.2, 0) is 55.8 Å². The molecule has 0 spiro atoms. The van der Waals surface area contributed by atoms with Gasteiger partial charge in [-0.3, -0.25) is 32.5 Å². The van der Waals surface area contributed by atoms with Crippen molar-refractivity contribution in [2.75, 3.05) is 39.6 Å². The molecule has 0 radical (unpaired) electrons. The number of ether oxygens (including phenoxy) is 3. The second-order valence-electron chi connectivity index (χ2n) is 25.0. The number of carbonyl (C=O) groups excluding carboxylic acids is 3. The highest BCUT2D eigenvalue weighted by Crippen LogP contribution is 2.45. The van der Waals surface area contributed by atoms with E-state index in [2.05, 4.69) is 167 Å². The Morgan fingerprint density at radius 2 is 0.535 bits per heavy atom. The average Bonchev–Trinajstić information content (AvgIpc) is 1.38. The Balaban J connectivity index is 4.42. The van der Waals surface area contributed by atoms with E-state index in [4.69, 9.17) is 32.3 Å². The molecule has 0 heterocycles. The molecule has 0 aliphatic carbocycles. The number of esters is 3. The minimum absolute atomic E-state index is 0.0796. The molecular formula is C81H136O16P2. The fourth-order valence-corrected chi connectivity index (χ4v) is 11.4. The second kappa shape index (κ2) is 73.2. The molecule has 0 rings (SSSR count). The third-order valence-corrected chi connectivity index (χ3v) is 17.4. The van der Waals surface area contributed by atoms with E-state index in [-0.39, 0.29) is 19.3 Å². The summed E-state index contributed by atoms with van der Waals surface area (Å²) < 4.78 is 61.0. The van der Waals surface area contributed by atoms with Gasteiger partial charge in [-0.05, 0) is 135 Å². The lowest BCUT2D eigenvalue weighted by atomic mass is 10.0. The molecule has 0 aromatic heterocycles. The lowest BCUT2D eigenvalue weighted by Crippen LogP contribution is -2.30. The first kappa shape index (κ1) is 94.4. The number of unbranched alkanes of at least 4 members (excludes halogenated alkanes) is 24. The molecular weight excluding hydrogens is 1290 g/mol. The molecule has 0 saturated carbocycles. The van der Waals surface area contributed by atoms with Gasteiger partial charge in [0, 0.05) is 19.3 Å². The normalized spacial score (nSPS) is 14.9. The molecule has 99 heavy (non-hydrogen) atoms. The van der Waals surface area contributed by atoms with Gasteiger partial charge in [-0.2, -0.15) is 0 Å². The zero-order valence-electron chi connectivity index (χ0n) is 61.6. The Hall–Kier alpha value is -4.57. The van der Waals surface area contributed by atoms with Crippen molar-refractivity contribution in [1.82, 2.24) is 0 Å². The van der Waals surface area contributed by atoms with Crippen molar-refractivity contribution in [2.24, 2.45) is 0 Å². The maximum absolute atomic E-state index is 12.9. The zero-order chi connectivity index (χ0) is 72.3. The molecule has 16 nitrogen and oxygen atoms in total. The molecule has 0 saturated heterocycles. The lowest BCUT2D eigenvalue weighted by molar-refractivity contribution is -0.161. The Bertz CT molecular complexity index is 2380. The minimum Gasteiger partial charge on any atom is -0.463 e. The van der Waals surface area contributed by atoms with Crippen molar-refractivity contribution in [3.63, 3.8) is 0 Å². The summed E-state index contributed by atoms with van der Waals surface area (Å²) in [4.78, 5) is 58.5. The highest BCUT2D eigenvalue weighted by Gasteiger charge is 2.29. The van der Waals surface area contributed by atoms with Gasteiger partial charge in [0.2, 0.25) is 0 Å². The number of allylic oxidation sites excluding steroid dienone is 24. The third kappa shape index (κ3) is 74.4. The van der Waals surface area contributed by atoms with Gasteiger partial charge < -0.3 is 34.2 Å². The third-order valence-electron chi connectivity index (χ3n) is 15.5. The summed E-state index contributed by atoms with van der Waals surface area (Å²) in [6, 6.07) is 0. The first-order chi connectivity index (χ1) is 48.2. The maximum Gasteiger partial charge on any atom is 0.472 e. The summed E-state index contributed by atoms with van der Waals surface area (Å²) in [5.74, 6) is -1.62. The van der Waals surface area contributed by atoms with Gasteiger partial charge >= 0.3 is 33.6 Å². The standard InChI is InChI=1S/C81H136O16P2/c1-4-7-10-13-16-19-22-25-27-29-30-31-32-33-34-35-36-37-38-39-40-41-42-43-44-46-48-50-52-55-58-61-64-67-79(84)91-70-76(82)71-93-98(87,88)94-72-77(83)73-95-99(89,90)96-75-78(97-81(86)69-66-63-60-57-54-49-24-21-18-15-12-9-6-3)74-92-80(85)68-65-62-59-56-53-51-47-45-28-26-23-20-17-14-11-8-5-2/h7-8,10-12,15-17,19-21,24-28,30-31,33-34,36-37,47,51,76-78,82-83H,4-6,9,13-14,18,22-23,29,32,35,38-46,48-50,52-75H2,1-3H3,(H,87,88)(H,89,90)/b10-7-,11-8-,15-12-,19-16-,20-17-,24-21-,27-25-,28-26-,31-30-,34-33-,37-36-,51-47-. The highest BCUT2D eigenvalue weighted by molar-refractivity contribution is 7.47. The fraction of sp³-hybridized carbons (Fsp3) is 0.667. The predicted octanol–water partition coefficient (Wildman–Crippen LogP) is 22.1. The van der Waals surface area contributed by atoms with E-state index in [1.807, 2.05) is 0 Å². The summed E-state index contributed by atoms with van der Waals surface area (Å²) in [5, 5.41) is 20.6. The molecule has 5 atom stereocenters. The van der Waals surface area contributed by atoms with Crippen molar-refractivity contribution in [3.8, 4) is 0 Å². The van der Waals surface area contributed by atoms with Crippen molar-refractivity contribution < 1.29 is 75.8 Å². The second-order valence-corrected chi connectivity index (χ2v) is 27.9. The molecule has 0 amide bonds. The van der Waals surface area contributed by atoms with Crippen LogP contribution in [0.15, 0.2) is 146 Å². The molecule has 5 unspecified atom stereocenters. The predicted molar refractivity (Wildman–Crippen MR) is 408 cm³/mol. The number of aliphatic hydroxyl groups is 2. The van der Waals surface area contributed by atoms with Crippen LogP contribution in [0.5, 0.6) is 0 Å². The van der Waals surface area contributed by atoms with Crippen LogP contribution in [-0.4, -0.2) is 95.9 Å². The van der Waals surface area contributed by atoms with E-state index in [1.54, 1.807) is 0 Å². The van der Waals surface area contributed by atoms with Crippen LogP contribution in [0.2, 0.25) is 0 Å². The van der Waals surface area contributed by atoms with Gasteiger partial charge in [0.15, 0.2) is 6.10 Å². The molecule has 18 heteroatoms. The van der Waals surface area contributed by atoms with E-state index in [1.165, 1.54) is 64.2 Å². The maximum atomic E-state index is 12.9. The van der Waals surface area contributed by atoms with Gasteiger partial charge in [-0.15, -0.1) is 0 Å². The smallest absolute Gasteiger partial charge is 0.463 e. The van der Waals surface area contributed by atoms with E-state index in [0.29, 0.717) is 19.3 Å². The first-order valence-electron chi connectivity index (χ1n) is 38.1. The topological polar surface area (TPSA) is 231 Å². The summed E-state index contributed by atoms with van der Waals surface area (Å²) in [6.07, 6.45) is 89.2. The number of phosphoric ester groups is 2. The SMILES string of the molecule is CC/C=C\C/C=C\C/C=C\C/C=C\C/C=C\C/C=C\CCCCCCCCCCCCCCCCC(=O)OCC(O)COP(=O)(O)OCC(O)COP(=O)(O)OCC(COC(=O)CCCCCC/C=C\C/C=C\C/C=C\C/C=C\CC)OC(=O)CCCCCCC/C=C\C/C=C\CCC. The van der Waals surface area contributed by atoms with Gasteiger partial charge in [0.1, 0.15) is 25.4 Å². The van der Waals surface area contributed by atoms with Crippen LogP contribution in [0.3, 0.4) is 0 Å². The molecule has 0 aliphatic heterocycles. The van der Waals surface area contributed by atoms with E-state index in [0.717, 1.165) is 167 Å². The molecule has 566 valence electrons. The molecule has 0 aromatic rings. The molecule has 0 fully saturated rings. The number of rotatable bonds is 71. The summed E-state index contributed by atoms with van der Waals surface area (Å²) in [5.41, 5.74) is 0. The summed E-state index contributed by atoms with van der Waals surface area (Å²) in [7, 11) is -9.80. The molecule has 0 bridgehead atoms. The van der Waals surface area contributed by atoms with Gasteiger partial charge in [0.05, 0.1) is 26.4 Å². The van der Waals surface area contributed by atoms with Gasteiger partial charge in [0.25, 0.3) is 0 Å². The van der Waals surface area contributed by atoms with Crippen molar-refractivity contribution >= 4 is 33.6 Å². The molecule has 4 N–H and O–H groups in total. The van der Waals surface area contributed by atoms with Crippen molar-refractivity contribution in [1.29, 1.82) is 0 Å². The summed E-state index contributed by atoms with van der Waals surface area (Å²) >= 11 is 0. The monoisotopic (exact) mass is 1430 g/mol. The van der Waals surface area contributed by atoms with E-state index < -0.39 is 91.5 Å². The molecule has 0 aromatic carbocycles. The minimum atomic E-state index is -4.94. The average molecular weight is 1430 g/mol. The van der Waals surface area contributed by atoms with Crippen LogP contribution in [0, 0.1) is 0 Å². The Kier molecular flexibility index (Phi) is 69.8. The lowest BCUT2D eigenvalue weighted by Gasteiger charge is -2.21. The van der Waals surface area contributed by atoms with Gasteiger partial charge in [-0.1, -0.05) is 282 Å². The molecule has 0 aliphatic rings. The van der Waals surface area contributed by atoms with Crippen molar-refractivity contribution in [3.05, 3.63) is 146 Å². The quantitative estimate of drug-likeness (QED) is 0.0146.